The molecule has 106 valence electrons. The number of nitrogens with two attached hydrogens (primary N) is 1. The lowest BCUT2D eigenvalue weighted by Crippen LogP contribution is -2.33. The van der Waals surface area contributed by atoms with Gasteiger partial charge < -0.3 is 5.73 Å². The summed E-state index contributed by atoms with van der Waals surface area (Å²) in [5.74, 6) is 1.01. The number of halogens is 2. The Kier molecular flexibility index (Phi) is 4.82. The molecule has 0 aromatic heterocycles. The van der Waals surface area contributed by atoms with Gasteiger partial charge in [-0.3, -0.25) is 4.90 Å². The van der Waals surface area contributed by atoms with Crippen LogP contribution in [0.15, 0.2) is 18.2 Å². The summed E-state index contributed by atoms with van der Waals surface area (Å²) in [7, 11) is 0. The van der Waals surface area contributed by atoms with E-state index in [0.717, 1.165) is 19.5 Å². The average molecular weight is 285 g/mol. The molecule has 0 spiro atoms. The monoisotopic (exact) mass is 284 g/mol. The predicted octanol–water partition coefficient (Wildman–Crippen LogP) is 3.46. The molecule has 1 heterocycles. The smallest absolute Gasteiger partial charge is 0.146 e. The Morgan fingerprint density at radius 1 is 1.47 bits per heavy atom. The van der Waals surface area contributed by atoms with Gasteiger partial charge in [-0.1, -0.05) is 37.6 Å². The third-order valence-corrected chi connectivity index (χ3v) is 4.50. The second-order valence-corrected chi connectivity index (χ2v) is 6.09. The number of hydrogen-bond acceptors (Lipinski definition) is 2. The van der Waals surface area contributed by atoms with E-state index in [9.17, 15) is 4.39 Å². The Bertz CT molecular complexity index is 436. The maximum atomic E-state index is 14.1. The molecular formula is C15H22ClFN2. The van der Waals surface area contributed by atoms with Gasteiger partial charge in [-0.15, -0.1) is 0 Å². The SMILES string of the molecule is CC(C)C1CCN(C(CN)c2cccc(Cl)c2F)C1. The van der Waals surface area contributed by atoms with Crippen LogP contribution in [-0.4, -0.2) is 24.5 Å². The van der Waals surface area contributed by atoms with Crippen molar-refractivity contribution < 1.29 is 4.39 Å². The molecule has 2 rings (SSSR count). The van der Waals surface area contributed by atoms with Gasteiger partial charge in [-0.25, -0.2) is 4.39 Å². The van der Waals surface area contributed by atoms with E-state index < -0.39 is 0 Å². The summed E-state index contributed by atoms with van der Waals surface area (Å²) in [6.45, 7) is 6.88. The van der Waals surface area contributed by atoms with Crippen molar-refractivity contribution >= 4 is 11.6 Å². The standard InChI is InChI=1S/C15H22ClFN2/c1-10(2)11-6-7-19(9-11)14(8-18)12-4-3-5-13(16)15(12)17/h3-5,10-11,14H,6-9,18H2,1-2H3. The minimum atomic E-state index is -0.326. The molecule has 19 heavy (non-hydrogen) atoms. The van der Waals surface area contributed by atoms with Crippen molar-refractivity contribution in [1.82, 2.24) is 4.90 Å². The zero-order valence-electron chi connectivity index (χ0n) is 11.6. The Labute approximate surface area is 119 Å². The fourth-order valence-corrected chi connectivity index (χ4v) is 3.08. The van der Waals surface area contributed by atoms with Crippen LogP contribution in [0.3, 0.4) is 0 Å². The fourth-order valence-electron chi connectivity index (χ4n) is 2.89. The molecule has 2 atom stereocenters. The molecule has 1 aliphatic rings. The van der Waals surface area contributed by atoms with Gasteiger partial charge in [0.25, 0.3) is 0 Å². The second kappa shape index (κ2) is 6.21. The van der Waals surface area contributed by atoms with E-state index >= 15 is 0 Å². The lowest BCUT2D eigenvalue weighted by Gasteiger charge is -2.28. The quantitative estimate of drug-likeness (QED) is 0.917. The Balaban J connectivity index is 2.19. The number of likely N-dealkylation sites (tertiary alicyclic amines) is 1. The molecule has 2 N–H and O–H groups in total. The van der Waals surface area contributed by atoms with E-state index in [2.05, 4.69) is 18.7 Å². The van der Waals surface area contributed by atoms with E-state index in [1.165, 1.54) is 0 Å². The van der Waals surface area contributed by atoms with E-state index in [1.54, 1.807) is 18.2 Å². The van der Waals surface area contributed by atoms with Gasteiger partial charge in [-0.2, -0.15) is 0 Å². The first kappa shape index (κ1) is 14.8. The van der Waals surface area contributed by atoms with E-state index in [0.29, 0.717) is 23.9 Å². The third-order valence-electron chi connectivity index (χ3n) is 4.20. The second-order valence-electron chi connectivity index (χ2n) is 5.68. The van der Waals surface area contributed by atoms with Gasteiger partial charge in [-0.05, 0) is 30.9 Å². The summed E-state index contributed by atoms with van der Waals surface area (Å²) in [6.07, 6.45) is 1.16. The minimum Gasteiger partial charge on any atom is -0.329 e. The van der Waals surface area contributed by atoms with Crippen LogP contribution in [0.25, 0.3) is 0 Å². The van der Waals surface area contributed by atoms with Crippen LogP contribution in [-0.2, 0) is 0 Å². The maximum absolute atomic E-state index is 14.1. The van der Waals surface area contributed by atoms with Crippen molar-refractivity contribution in [2.24, 2.45) is 17.6 Å². The first-order valence-electron chi connectivity index (χ1n) is 6.92. The molecule has 1 saturated heterocycles. The van der Waals surface area contributed by atoms with E-state index in [1.807, 2.05) is 0 Å². The van der Waals surface area contributed by atoms with Gasteiger partial charge in [0, 0.05) is 24.7 Å². The Morgan fingerprint density at radius 3 is 2.79 bits per heavy atom. The highest BCUT2D eigenvalue weighted by molar-refractivity contribution is 6.30. The average Bonchev–Trinajstić information content (AvgIpc) is 2.85. The molecule has 2 unspecified atom stereocenters. The first-order chi connectivity index (χ1) is 9.04. The van der Waals surface area contributed by atoms with E-state index in [-0.39, 0.29) is 16.9 Å². The summed E-state index contributed by atoms with van der Waals surface area (Å²) in [5, 5.41) is 0.176. The Morgan fingerprint density at radius 2 is 2.21 bits per heavy atom. The van der Waals surface area contributed by atoms with Crippen LogP contribution in [0.1, 0.15) is 31.9 Å². The molecule has 0 radical (unpaired) electrons. The van der Waals surface area contributed by atoms with Crippen LogP contribution < -0.4 is 5.73 Å². The van der Waals surface area contributed by atoms with Gasteiger partial charge in [0.1, 0.15) is 5.82 Å². The van der Waals surface area contributed by atoms with Crippen LogP contribution in [0, 0.1) is 17.7 Å². The lowest BCUT2D eigenvalue weighted by molar-refractivity contribution is 0.227. The van der Waals surface area contributed by atoms with Gasteiger partial charge in [0.15, 0.2) is 0 Å². The fraction of sp³-hybridized carbons (Fsp3) is 0.600. The zero-order valence-corrected chi connectivity index (χ0v) is 12.3. The molecule has 2 nitrogen and oxygen atoms in total. The van der Waals surface area contributed by atoms with E-state index in [4.69, 9.17) is 17.3 Å². The number of rotatable bonds is 4. The molecule has 1 aromatic rings. The molecule has 1 aromatic carbocycles. The highest BCUT2D eigenvalue weighted by Gasteiger charge is 2.31. The summed E-state index contributed by atoms with van der Waals surface area (Å²) < 4.78 is 14.1. The van der Waals surface area contributed by atoms with Gasteiger partial charge >= 0.3 is 0 Å². The molecule has 0 amide bonds. The molecule has 1 aliphatic heterocycles. The highest BCUT2D eigenvalue weighted by Crippen LogP contribution is 2.33. The van der Waals surface area contributed by atoms with Crippen LogP contribution >= 0.6 is 11.6 Å². The highest BCUT2D eigenvalue weighted by atomic mass is 35.5. The van der Waals surface area contributed by atoms with Crippen molar-refractivity contribution in [3.05, 3.63) is 34.6 Å². The normalized spacial score (nSPS) is 22.1. The van der Waals surface area contributed by atoms with Gasteiger partial charge in [0.2, 0.25) is 0 Å². The summed E-state index contributed by atoms with van der Waals surface area (Å²) >= 11 is 5.87. The van der Waals surface area contributed by atoms with Crippen LogP contribution in [0.2, 0.25) is 5.02 Å². The molecule has 0 bridgehead atoms. The summed E-state index contributed by atoms with van der Waals surface area (Å²) in [5.41, 5.74) is 6.50. The van der Waals surface area contributed by atoms with Crippen molar-refractivity contribution in [1.29, 1.82) is 0 Å². The van der Waals surface area contributed by atoms with Crippen molar-refractivity contribution in [2.75, 3.05) is 19.6 Å². The Hall–Kier alpha value is -0.640. The van der Waals surface area contributed by atoms with Crippen LogP contribution in [0.5, 0.6) is 0 Å². The van der Waals surface area contributed by atoms with Gasteiger partial charge in [0.05, 0.1) is 5.02 Å². The molecule has 1 fully saturated rings. The molecule has 4 heteroatoms. The first-order valence-corrected chi connectivity index (χ1v) is 7.30. The summed E-state index contributed by atoms with van der Waals surface area (Å²) in [4.78, 5) is 2.29. The van der Waals surface area contributed by atoms with Crippen LogP contribution in [0.4, 0.5) is 4.39 Å². The zero-order chi connectivity index (χ0) is 14.0. The van der Waals surface area contributed by atoms with Crippen molar-refractivity contribution in [3.63, 3.8) is 0 Å². The minimum absolute atomic E-state index is 0.0672. The number of hydrogen-bond donors (Lipinski definition) is 1. The number of nitrogens with zero attached hydrogens (tertiary/aromatic N) is 1. The maximum Gasteiger partial charge on any atom is 0.146 e. The number of benzene rings is 1. The predicted molar refractivity (Wildman–Crippen MR) is 77.7 cm³/mol. The largest absolute Gasteiger partial charge is 0.329 e. The molecule has 0 saturated carbocycles. The summed E-state index contributed by atoms with van der Waals surface area (Å²) in [6, 6.07) is 5.10. The molecule has 0 aliphatic carbocycles. The lowest BCUT2D eigenvalue weighted by atomic mass is 9.95. The molecular weight excluding hydrogens is 263 g/mol. The third kappa shape index (κ3) is 3.10. The van der Waals surface area contributed by atoms with Crippen molar-refractivity contribution in [3.8, 4) is 0 Å². The topological polar surface area (TPSA) is 29.3 Å². The van der Waals surface area contributed by atoms with Crippen molar-refractivity contribution in [2.45, 2.75) is 26.3 Å².